The summed E-state index contributed by atoms with van der Waals surface area (Å²) >= 11 is 0. The number of nitrogens with two attached hydrogens (primary N) is 1. The summed E-state index contributed by atoms with van der Waals surface area (Å²) in [7, 11) is 0. The van der Waals surface area contributed by atoms with Gasteiger partial charge in [-0.1, -0.05) is 6.07 Å². The molecular formula is C13H15N3. The van der Waals surface area contributed by atoms with Crippen molar-refractivity contribution in [1.29, 1.82) is 0 Å². The Morgan fingerprint density at radius 1 is 1.19 bits per heavy atom. The van der Waals surface area contributed by atoms with Crippen LogP contribution in [0.25, 0.3) is 5.69 Å². The van der Waals surface area contributed by atoms with Crippen molar-refractivity contribution in [3.63, 3.8) is 0 Å². The van der Waals surface area contributed by atoms with Crippen molar-refractivity contribution in [2.24, 2.45) is 0 Å². The second kappa shape index (κ2) is 3.59. The summed E-state index contributed by atoms with van der Waals surface area (Å²) < 4.78 is 2.08. The molecular weight excluding hydrogens is 198 g/mol. The van der Waals surface area contributed by atoms with Gasteiger partial charge in [-0.3, -0.25) is 0 Å². The van der Waals surface area contributed by atoms with Gasteiger partial charge in [0.05, 0.1) is 17.1 Å². The number of nitrogen functional groups attached to an aromatic ring is 1. The van der Waals surface area contributed by atoms with Gasteiger partial charge in [0, 0.05) is 18.9 Å². The first-order chi connectivity index (χ1) is 7.86. The van der Waals surface area contributed by atoms with E-state index in [0.717, 1.165) is 24.3 Å². The molecule has 0 saturated carbocycles. The Labute approximate surface area is 94.9 Å². The fourth-order valence-corrected chi connectivity index (χ4v) is 2.31. The number of aromatic nitrogens is 1. The predicted octanol–water partition coefficient (Wildman–Crippen LogP) is 2.42. The third-order valence-electron chi connectivity index (χ3n) is 3.08. The van der Waals surface area contributed by atoms with Gasteiger partial charge in [0.1, 0.15) is 0 Å². The molecule has 2 aromatic rings. The van der Waals surface area contributed by atoms with Crippen LogP contribution in [-0.4, -0.2) is 11.1 Å². The number of nitrogens with zero attached hydrogens (tertiary/aromatic N) is 1. The molecule has 16 heavy (non-hydrogen) atoms. The Balaban J connectivity index is 2.22. The van der Waals surface area contributed by atoms with Gasteiger partial charge in [-0.2, -0.15) is 0 Å². The quantitative estimate of drug-likeness (QED) is 0.714. The molecule has 0 spiro atoms. The molecule has 1 aliphatic rings. The molecule has 0 fully saturated rings. The molecule has 0 unspecified atom stereocenters. The van der Waals surface area contributed by atoms with Gasteiger partial charge in [-0.15, -0.1) is 0 Å². The number of hydrogen-bond acceptors (Lipinski definition) is 2. The highest BCUT2D eigenvalue weighted by atomic mass is 15.0. The van der Waals surface area contributed by atoms with Crippen molar-refractivity contribution >= 4 is 11.4 Å². The first-order valence-corrected chi connectivity index (χ1v) is 5.65. The summed E-state index contributed by atoms with van der Waals surface area (Å²) in [5.41, 5.74) is 10.5. The van der Waals surface area contributed by atoms with E-state index in [9.17, 15) is 0 Å². The molecule has 0 amide bonds. The molecule has 3 N–H and O–H groups in total. The molecule has 0 saturated heterocycles. The van der Waals surface area contributed by atoms with Crippen LogP contribution >= 0.6 is 0 Å². The van der Waals surface area contributed by atoms with Crippen molar-refractivity contribution in [3.05, 3.63) is 42.2 Å². The normalized spacial score (nSPS) is 14.2. The number of fused-ring (bicyclic) bond motifs is 1. The second-order valence-corrected chi connectivity index (χ2v) is 4.16. The van der Waals surface area contributed by atoms with E-state index in [0.29, 0.717) is 0 Å². The van der Waals surface area contributed by atoms with Gasteiger partial charge in [0.25, 0.3) is 0 Å². The molecule has 3 heteroatoms. The van der Waals surface area contributed by atoms with Crippen molar-refractivity contribution in [1.82, 2.24) is 4.57 Å². The minimum absolute atomic E-state index is 0.823. The van der Waals surface area contributed by atoms with E-state index in [1.807, 2.05) is 30.6 Å². The van der Waals surface area contributed by atoms with Crippen LogP contribution in [0.15, 0.2) is 36.7 Å². The van der Waals surface area contributed by atoms with Crippen LogP contribution in [0.3, 0.4) is 0 Å². The maximum absolute atomic E-state index is 6.08. The van der Waals surface area contributed by atoms with Crippen molar-refractivity contribution < 1.29 is 0 Å². The summed E-state index contributed by atoms with van der Waals surface area (Å²) in [6.45, 7) is 1.03. The van der Waals surface area contributed by atoms with Gasteiger partial charge >= 0.3 is 0 Å². The van der Waals surface area contributed by atoms with E-state index < -0.39 is 0 Å². The maximum Gasteiger partial charge on any atom is 0.0918 e. The third kappa shape index (κ3) is 1.36. The van der Waals surface area contributed by atoms with E-state index in [-0.39, 0.29) is 0 Å². The molecule has 1 aromatic heterocycles. The predicted molar refractivity (Wildman–Crippen MR) is 67.0 cm³/mol. The Hall–Kier alpha value is -1.90. The lowest BCUT2D eigenvalue weighted by Gasteiger charge is -2.23. The maximum atomic E-state index is 6.08. The summed E-state index contributed by atoms with van der Waals surface area (Å²) in [6.07, 6.45) is 6.39. The van der Waals surface area contributed by atoms with E-state index >= 15 is 0 Å². The van der Waals surface area contributed by atoms with E-state index in [1.165, 1.54) is 17.7 Å². The summed E-state index contributed by atoms with van der Waals surface area (Å²) in [5, 5.41) is 3.46. The van der Waals surface area contributed by atoms with E-state index in [2.05, 4.69) is 16.0 Å². The molecule has 3 rings (SSSR count). The van der Waals surface area contributed by atoms with Crippen LogP contribution in [-0.2, 0) is 6.42 Å². The molecule has 0 radical (unpaired) electrons. The molecule has 82 valence electrons. The first-order valence-electron chi connectivity index (χ1n) is 5.65. The Bertz CT molecular complexity index is 500. The van der Waals surface area contributed by atoms with Crippen LogP contribution in [0.2, 0.25) is 0 Å². The highest BCUT2D eigenvalue weighted by molar-refractivity contribution is 5.77. The largest absolute Gasteiger partial charge is 0.397 e. The lowest BCUT2D eigenvalue weighted by atomic mass is 10.0. The molecule has 0 bridgehead atoms. The van der Waals surface area contributed by atoms with Gasteiger partial charge < -0.3 is 15.6 Å². The molecule has 0 aliphatic carbocycles. The Morgan fingerprint density at radius 3 is 2.81 bits per heavy atom. The molecule has 3 nitrogen and oxygen atoms in total. The minimum Gasteiger partial charge on any atom is -0.397 e. The minimum atomic E-state index is 0.823. The number of nitrogens with one attached hydrogen (secondary N) is 1. The van der Waals surface area contributed by atoms with Crippen molar-refractivity contribution in [2.75, 3.05) is 17.6 Å². The zero-order valence-corrected chi connectivity index (χ0v) is 9.11. The monoisotopic (exact) mass is 213 g/mol. The van der Waals surface area contributed by atoms with Crippen LogP contribution in [0, 0.1) is 0 Å². The van der Waals surface area contributed by atoms with Crippen LogP contribution in [0.4, 0.5) is 11.4 Å². The molecule has 1 aliphatic heterocycles. The highest BCUT2D eigenvalue weighted by Gasteiger charge is 2.15. The van der Waals surface area contributed by atoms with Gasteiger partial charge in [-0.05, 0) is 36.6 Å². The number of aryl methyl sites for hydroxylation is 1. The van der Waals surface area contributed by atoms with Crippen LogP contribution in [0.5, 0.6) is 0 Å². The second-order valence-electron chi connectivity index (χ2n) is 4.16. The molecule has 1 aromatic carbocycles. The topological polar surface area (TPSA) is 43.0 Å². The van der Waals surface area contributed by atoms with Gasteiger partial charge in [-0.25, -0.2) is 0 Å². The summed E-state index contributed by atoms with van der Waals surface area (Å²) in [5.74, 6) is 0. The van der Waals surface area contributed by atoms with E-state index in [4.69, 9.17) is 5.73 Å². The van der Waals surface area contributed by atoms with Gasteiger partial charge in [0.15, 0.2) is 0 Å². The average Bonchev–Trinajstić information content (AvgIpc) is 2.82. The van der Waals surface area contributed by atoms with Gasteiger partial charge in [0.2, 0.25) is 0 Å². The number of anilines is 2. The smallest absolute Gasteiger partial charge is 0.0918 e. The zero-order chi connectivity index (χ0) is 11.0. The van der Waals surface area contributed by atoms with E-state index in [1.54, 1.807) is 0 Å². The summed E-state index contributed by atoms with van der Waals surface area (Å²) in [6, 6.07) is 8.16. The standard InChI is InChI=1S/C13H15N3/c14-11-6-5-10-4-3-7-15-12(10)13(11)16-8-1-2-9-16/h1-2,5-6,8-9,15H,3-4,7,14H2. The Kier molecular flexibility index (Phi) is 2.10. The number of rotatable bonds is 1. The highest BCUT2D eigenvalue weighted by Crippen LogP contribution is 2.33. The average molecular weight is 213 g/mol. The summed E-state index contributed by atoms with van der Waals surface area (Å²) in [4.78, 5) is 0. The Morgan fingerprint density at radius 2 is 2.00 bits per heavy atom. The number of benzene rings is 1. The SMILES string of the molecule is Nc1ccc2c(c1-n1cccc1)NCCC2. The van der Waals surface area contributed by atoms with Crippen molar-refractivity contribution in [3.8, 4) is 5.69 Å². The fraction of sp³-hybridized carbons (Fsp3) is 0.231. The van der Waals surface area contributed by atoms with Crippen LogP contribution < -0.4 is 11.1 Å². The fourth-order valence-electron chi connectivity index (χ4n) is 2.31. The third-order valence-corrected chi connectivity index (χ3v) is 3.08. The first kappa shape index (κ1) is 9.33. The van der Waals surface area contributed by atoms with Crippen molar-refractivity contribution in [2.45, 2.75) is 12.8 Å². The molecule has 0 atom stereocenters. The molecule has 2 heterocycles. The number of hydrogen-bond donors (Lipinski definition) is 2. The lowest BCUT2D eigenvalue weighted by Crippen LogP contribution is -2.15. The van der Waals surface area contributed by atoms with Crippen LogP contribution in [0.1, 0.15) is 12.0 Å². The zero-order valence-electron chi connectivity index (χ0n) is 9.11. The lowest BCUT2D eigenvalue weighted by molar-refractivity contribution is 0.826.